The molecule has 0 aliphatic carbocycles. The molecule has 1 aromatic rings. The quantitative estimate of drug-likeness (QED) is 0.559. The molecule has 1 aromatic heterocycles. The number of nitrogens with one attached hydrogen (secondary N) is 1. The maximum atomic E-state index is 11.0. The first kappa shape index (κ1) is 10.8. The van der Waals surface area contributed by atoms with Gasteiger partial charge >= 0.3 is 5.97 Å². The number of ether oxygens (including phenoxy) is 1. The van der Waals surface area contributed by atoms with E-state index in [4.69, 9.17) is 4.74 Å². The first-order chi connectivity index (χ1) is 6.83. The van der Waals surface area contributed by atoms with E-state index in [0.29, 0.717) is 13.0 Å². The van der Waals surface area contributed by atoms with E-state index in [-0.39, 0.29) is 5.97 Å². The van der Waals surface area contributed by atoms with Crippen molar-refractivity contribution in [3.05, 3.63) is 24.0 Å². The third-order valence-electron chi connectivity index (χ3n) is 2.04. The van der Waals surface area contributed by atoms with Crippen molar-refractivity contribution in [2.45, 2.75) is 32.6 Å². The van der Waals surface area contributed by atoms with E-state index >= 15 is 0 Å². The normalized spacial score (nSPS) is 10.1. The van der Waals surface area contributed by atoms with Crippen LogP contribution in [0.3, 0.4) is 0 Å². The van der Waals surface area contributed by atoms with Crippen LogP contribution >= 0.6 is 0 Å². The van der Waals surface area contributed by atoms with Gasteiger partial charge in [0.25, 0.3) is 0 Å². The highest BCUT2D eigenvalue weighted by molar-refractivity contribution is 5.69. The summed E-state index contributed by atoms with van der Waals surface area (Å²) < 4.78 is 4.83. The second-order valence-electron chi connectivity index (χ2n) is 3.21. The Morgan fingerprint density at radius 3 is 3.00 bits per heavy atom. The molecule has 0 spiro atoms. The molecule has 0 atom stereocenters. The summed E-state index contributed by atoms with van der Waals surface area (Å²) in [4.78, 5) is 14.1. The van der Waals surface area contributed by atoms with E-state index in [0.717, 1.165) is 19.3 Å². The second kappa shape index (κ2) is 6.24. The number of hydrogen-bond acceptors (Lipinski definition) is 2. The monoisotopic (exact) mass is 195 g/mol. The summed E-state index contributed by atoms with van der Waals surface area (Å²) >= 11 is 0. The average Bonchev–Trinajstić information content (AvgIpc) is 2.65. The maximum Gasteiger partial charge on any atom is 0.305 e. The van der Waals surface area contributed by atoms with Crippen molar-refractivity contribution in [1.29, 1.82) is 0 Å². The molecule has 0 bridgehead atoms. The minimum Gasteiger partial charge on any atom is -0.466 e. The predicted octanol–water partition coefficient (Wildman–Crippen LogP) is 2.29. The summed E-state index contributed by atoms with van der Waals surface area (Å²) in [5.41, 5.74) is 1.23. The fraction of sp³-hybridized carbons (Fsp3) is 0.545. The molecule has 0 aliphatic rings. The molecule has 0 aromatic carbocycles. The highest BCUT2D eigenvalue weighted by atomic mass is 16.5. The number of esters is 1. The zero-order valence-corrected chi connectivity index (χ0v) is 8.58. The van der Waals surface area contributed by atoms with E-state index in [9.17, 15) is 4.79 Å². The van der Waals surface area contributed by atoms with E-state index in [1.807, 2.05) is 19.2 Å². The van der Waals surface area contributed by atoms with Crippen LogP contribution < -0.4 is 0 Å². The van der Waals surface area contributed by atoms with E-state index in [2.05, 4.69) is 11.1 Å². The smallest absolute Gasteiger partial charge is 0.305 e. The molecule has 0 aliphatic heterocycles. The molecule has 0 amide bonds. The molecule has 0 radical (unpaired) electrons. The van der Waals surface area contributed by atoms with Crippen molar-refractivity contribution in [3.63, 3.8) is 0 Å². The Morgan fingerprint density at radius 1 is 1.50 bits per heavy atom. The van der Waals surface area contributed by atoms with Crippen LogP contribution in [0.4, 0.5) is 0 Å². The Morgan fingerprint density at radius 2 is 2.36 bits per heavy atom. The van der Waals surface area contributed by atoms with Gasteiger partial charge in [-0.05, 0) is 38.3 Å². The van der Waals surface area contributed by atoms with Crippen molar-refractivity contribution >= 4 is 5.97 Å². The highest BCUT2D eigenvalue weighted by Crippen LogP contribution is 2.04. The molecule has 0 unspecified atom stereocenters. The number of aryl methyl sites for hydroxylation is 1. The third kappa shape index (κ3) is 4.12. The van der Waals surface area contributed by atoms with Crippen LogP contribution in [-0.4, -0.2) is 17.6 Å². The molecular weight excluding hydrogens is 178 g/mol. The number of unbranched alkanes of at least 4 members (excludes halogenated alkanes) is 1. The number of aromatic amines is 1. The van der Waals surface area contributed by atoms with Crippen molar-refractivity contribution in [2.24, 2.45) is 0 Å². The van der Waals surface area contributed by atoms with Gasteiger partial charge in [0.05, 0.1) is 6.61 Å². The van der Waals surface area contributed by atoms with E-state index in [1.54, 1.807) is 0 Å². The summed E-state index contributed by atoms with van der Waals surface area (Å²) in [6.45, 7) is 2.31. The van der Waals surface area contributed by atoms with Crippen LogP contribution in [-0.2, 0) is 16.0 Å². The highest BCUT2D eigenvalue weighted by Gasteiger charge is 2.00. The molecule has 0 saturated carbocycles. The Kier molecular flexibility index (Phi) is 4.83. The molecule has 3 heteroatoms. The van der Waals surface area contributed by atoms with Crippen LogP contribution in [0.15, 0.2) is 18.3 Å². The summed E-state index contributed by atoms with van der Waals surface area (Å²) in [5, 5.41) is 0. The van der Waals surface area contributed by atoms with Gasteiger partial charge in [-0.25, -0.2) is 0 Å². The zero-order chi connectivity index (χ0) is 10.2. The minimum atomic E-state index is -0.0843. The molecule has 14 heavy (non-hydrogen) atoms. The number of carbonyl (C=O) groups is 1. The number of H-pyrrole nitrogens is 1. The number of aromatic nitrogens is 1. The van der Waals surface area contributed by atoms with Gasteiger partial charge in [-0.3, -0.25) is 4.79 Å². The number of carbonyl (C=O) groups excluding carboxylic acids is 1. The molecule has 1 heterocycles. The molecule has 0 saturated heterocycles. The van der Waals surface area contributed by atoms with Gasteiger partial charge in [0, 0.05) is 18.3 Å². The second-order valence-corrected chi connectivity index (χ2v) is 3.21. The average molecular weight is 195 g/mol. The van der Waals surface area contributed by atoms with Gasteiger partial charge in [0.15, 0.2) is 0 Å². The molecule has 1 rings (SSSR count). The van der Waals surface area contributed by atoms with E-state index in [1.165, 1.54) is 5.69 Å². The Hall–Kier alpha value is -1.25. The fourth-order valence-corrected chi connectivity index (χ4v) is 1.34. The zero-order valence-electron chi connectivity index (χ0n) is 8.58. The minimum absolute atomic E-state index is 0.0843. The van der Waals surface area contributed by atoms with Gasteiger partial charge in [-0.15, -0.1) is 0 Å². The van der Waals surface area contributed by atoms with Crippen molar-refractivity contribution < 1.29 is 9.53 Å². The molecule has 78 valence electrons. The maximum absolute atomic E-state index is 11.0. The molecular formula is C11H17NO2. The van der Waals surface area contributed by atoms with Crippen LogP contribution in [0, 0.1) is 0 Å². The Balaban J connectivity index is 2.02. The van der Waals surface area contributed by atoms with Crippen molar-refractivity contribution in [2.75, 3.05) is 6.61 Å². The Bertz CT molecular complexity index is 254. The lowest BCUT2D eigenvalue weighted by Gasteiger charge is -2.00. The first-order valence-electron chi connectivity index (χ1n) is 5.11. The summed E-state index contributed by atoms with van der Waals surface area (Å²) in [5.74, 6) is -0.0843. The van der Waals surface area contributed by atoms with Gasteiger partial charge < -0.3 is 9.72 Å². The lowest BCUT2D eigenvalue weighted by Crippen LogP contribution is -2.03. The van der Waals surface area contributed by atoms with Crippen molar-refractivity contribution in [3.8, 4) is 0 Å². The van der Waals surface area contributed by atoms with Gasteiger partial charge in [-0.1, -0.05) is 0 Å². The topological polar surface area (TPSA) is 42.1 Å². The Labute approximate surface area is 84.5 Å². The summed E-state index contributed by atoms with van der Waals surface area (Å²) in [6, 6.07) is 4.05. The van der Waals surface area contributed by atoms with E-state index < -0.39 is 0 Å². The predicted molar refractivity (Wildman–Crippen MR) is 55.0 cm³/mol. The lowest BCUT2D eigenvalue weighted by molar-refractivity contribution is -0.143. The SMILES string of the molecule is CCOC(=O)CCCCc1ccc[nH]1. The lowest BCUT2D eigenvalue weighted by atomic mass is 10.1. The first-order valence-corrected chi connectivity index (χ1v) is 5.11. The number of hydrogen-bond donors (Lipinski definition) is 1. The summed E-state index contributed by atoms with van der Waals surface area (Å²) in [7, 11) is 0. The van der Waals surface area contributed by atoms with Gasteiger partial charge in [-0.2, -0.15) is 0 Å². The third-order valence-corrected chi connectivity index (χ3v) is 2.04. The standard InChI is InChI=1S/C11H17NO2/c1-2-14-11(13)8-4-3-6-10-7-5-9-12-10/h5,7,9,12H,2-4,6,8H2,1H3. The number of rotatable bonds is 6. The fourth-order valence-electron chi connectivity index (χ4n) is 1.34. The van der Waals surface area contributed by atoms with Crippen LogP contribution in [0.2, 0.25) is 0 Å². The van der Waals surface area contributed by atoms with Gasteiger partial charge in [0.1, 0.15) is 0 Å². The molecule has 0 fully saturated rings. The van der Waals surface area contributed by atoms with Gasteiger partial charge in [0.2, 0.25) is 0 Å². The van der Waals surface area contributed by atoms with Crippen LogP contribution in [0.25, 0.3) is 0 Å². The molecule has 3 nitrogen and oxygen atoms in total. The summed E-state index contributed by atoms with van der Waals surface area (Å²) in [6.07, 6.45) is 5.39. The van der Waals surface area contributed by atoms with Crippen molar-refractivity contribution in [1.82, 2.24) is 4.98 Å². The molecule has 1 N–H and O–H groups in total. The largest absolute Gasteiger partial charge is 0.466 e. The van der Waals surface area contributed by atoms with Crippen LogP contribution in [0.5, 0.6) is 0 Å². The van der Waals surface area contributed by atoms with Crippen LogP contribution in [0.1, 0.15) is 31.9 Å².